The van der Waals surface area contributed by atoms with Crippen molar-refractivity contribution in [1.82, 2.24) is 15.4 Å². The van der Waals surface area contributed by atoms with E-state index >= 15 is 0 Å². The van der Waals surface area contributed by atoms with Gasteiger partial charge < -0.3 is 9.15 Å². The van der Waals surface area contributed by atoms with Gasteiger partial charge in [-0.1, -0.05) is 11.6 Å². The van der Waals surface area contributed by atoms with E-state index in [4.69, 9.17) is 9.15 Å². The predicted molar refractivity (Wildman–Crippen MR) is 94.0 cm³/mol. The first-order chi connectivity index (χ1) is 12.2. The van der Waals surface area contributed by atoms with Crippen LogP contribution in [0, 0.1) is 6.92 Å². The van der Waals surface area contributed by atoms with E-state index < -0.39 is 0 Å². The van der Waals surface area contributed by atoms with Crippen LogP contribution in [0.4, 0.5) is 0 Å². The zero-order valence-electron chi connectivity index (χ0n) is 14.0. The van der Waals surface area contributed by atoms with Crippen molar-refractivity contribution in [3.8, 4) is 11.5 Å². The van der Waals surface area contributed by atoms with E-state index in [1.807, 2.05) is 42.3 Å². The third-order valence-electron chi connectivity index (χ3n) is 4.25. The zero-order valence-corrected chi connectivity index (χ0v) is 14.0. The molecule has 0 spiro atoms. The SMILES string of the molecule is Cc1ccc2nc(-c3ccco3)cc(C(=O)NN3CCOCC3)c2c1. The molecule has 6 nitrogen and oxygen atoms in total. The molecule has 0 unspecified atom stereocenters. The molecule has 1 aliphatic heterocycles. The van der Waals surface area contributed by atoms with Gasteiger partial charge in [-0.05, 0) is 37.3 Å². The summed E-state index contributed by atoms with van der Waals surface area (Å²) in [5.74, 6) is 0.496. The van der Waals surface area contributed by atoms with Gasteiger partial charge in [0.25, 0.3) is 5.91 Å². The zero-order chi connectivity index (χ0) is 17.2. The second kappa shape index (κ2) is 6.66. The lowest BCUT2D eigenvalue weighted by Crippen LogP contribution is -2.48. The number of carbonyl (C=O) groups excluding carboxylic acids is 1. The van der Waals surface area contributed by atoms with Crippen molar-refractivity contribution in [2.24, 2.45) is 0 Å². The molecule has 6 heteroatoms. The molecule has 0 radical (unpaired) electrons. The highest BCUT2D eigenvalue weighted by atomic mass is 16.5. The number of aromatic nitrogens is 1. The molecular weight excluding hydrogens is 318 g/mol. The van der Waals surface area contributed by atoms with Crippen LogP contribution in [0.25, 0.3) is 22.4 Å². The second-order valence-electron chi connectivity index (χ2n) is 6.09. The smallest absolute Gasteiger partial charge is 0.266 e. The normalized spacial score (nSPS) is 15.4. The number of rotatable bonds is 3. The number of pyridine rings is 1. The molecule has 0 bridgehead atoms. The van der Waals surface area contributed by atoms with Crippen LogP contribution in [0.3, 0.4) is 0 Å². The molecule has 2 aromatic heterocycles. The Labute approximate surface area is 145 Å². The quantitative estimate of drug-likeness (QED) is 0.796. The Kier molecular flexibility index (Phi) is 4.21. The maximum Gasteiger partial charge on any atom is 0.266 e. The fourth-order valence-electron chi connectivity index (χ4n) is 2.96. The molecule has 128 valence electrons. The lowest BCUT2D eigenvalue weighted by molar-refractivity contribution is 0.0127. The van der Waals surface area contributed by atoms with Crippen LogP contribution in [-0.4, -0.2) is 42.2 Å². The molecule has 0 saturated carbocycles. The molecule has 1 aromatic carbocycles. The molecule has 3 aromatic rings. The summed E-state index contributed by atoms with van der Waals surface area (Å²) in [5.41, 5.74) is 6.07. The summed E-state index contributed by atoms with van der Waals surface area (Å²) >= 11 is 0. The fraction of sp³-hybridized carbons (Fsp3) is 0.263. The number of benzene rings is 1. The van der Waals surface area contributed by atoms with E-state index in [0.29, 0.717) is 43.3 Å². The largest absolute Gasteiger partial charge is 0.463 e. The van der Waals surface area contributed by atoms with Gasteiger partial charge in [-0.3, -0.25) is 10.2 Å². The molecule has 1 aliphatic rings. The summed E-state index contributed by atoms with van der Waals surface area (Å²) in [5, 5.41) is 2.72. The Morgan fingerprint density at radius 1 is 1.20 bits per heavy atom. The monoisotopic (exact) mass is 337 g/mol. The molecule has 0 atom stereocenters. The average Bonchev–Trinajstić information content (AvgIpc) is 3.16. The van der Waals surface area contributed by atoms with Crippen molar-refractivity contribution in [3.63, 3.8) is 0 Å². The number of aryl methyl sites for hydroxylation is 1. The molecule has 1 saturated heterocycles. The fourth-order valence-corrected chi connectivity index (χ4v) is 2.96. The standard InChI is InChI=1S/C19H19N3O3/c1-13-4-5-16-14(11-13)15(12-17(20-16)18-3-2-8-25-18)19(23)21-22-6-9-24-10-7-22/h2-5,8,11-12H,6-7,9-10H2,1H3,(H,21,23). The molecule has 1 amide bonds. The Morgan fingerprint density at radius 3 is 2.80 bits per heavy atom. The van der Waals surface area contributed by atoms with Gasteiger partial charge >= 0.3 is 0 Å². The van der Waals surface area contributed by atoms with Gasteiger partial charge in [0.15, 0.2) is 5.76 Å². The van der Waals surface area contributed by atoms with Crippen LogP contribution < -0.4 is 5.43 Å². The first kappa shape index (κ1) is 15.8. The summed E-state index contributed by atoms with van der Waals surface area (Å²) in [6.07, 6.45) is 1.60. The van der Waals surface area contributed by atoms with Gasteiger partial charge in [-0.25, -0.2) is 9.99 Å². The van der Waals surface area contributed by atoms with Gasteiger partial charge in [0.1, 0.15) is 5.69 Å². The Hall–Kier alpha value is -2.70. The second-order valence-corrected chi connectivity index (χ2v) is 6.09. The summed E-state index contributed by atoms with van der Waals surface area (Å²) in [4.78, 5) is 17.5. The van der Waals surface area contributed by atoms with Crippen molar-refractivity contribution < 1.29 is 13.9 Å². The van der Waals surface area contributed by atoms with Crippen LogP contribution in [0.15, 0.2) is 47.1 Å². The molecule has 0 aliphatic carbocycles. The maximum absolute atomic E-state index is 12.9. The van der Waals surface area contributed by atoms with E-state index in [1.54, 1.807) is 12.3 Å². The first-order valence-corrected chi connectivity index (χ1v) is 8.30. The molecule has 4 rings (SSSR count). The van der Waals surface area contributed by atoms with Crippen LogP contribution in [-0.2, 0) is 4.74 Å². The Bertz CT molecular complexity index is 900. The minimum absolute atomic E-state index is 0.146. The topological polar surface area (TPSA) is 67.6 Å². The number of ether oxygens (including phenoxy) is 1. The number of fused-ring (bicyclic) bond motifs is 1. The van der Waals surface area contributed by atoms with Crippen LogP contribution in [0.1, 0.15) is 15.9 Å². The van der Waals surface area contributed by atoms with E-state index in [2.05, 4.69) is 10.4 Å². The van der Waals surface area contributed by atoms with E-state index in [1.165, 1.54) is 0 Å². The number of hydrogen-bond donors (Lipinski definition) is 1. The van der Waals surface area contributed by atoms with Gasteiger partial charge in [0.2, 0.25) is 0 Å². The minimum atomic E-state index is -0.146. The first-order valence-electron chi connectivity index (χ1n) is 8.30. The van der Waals surface area contributed by atoms with Gasteiger partial charge in [-0.15, -0.1) is 0 Å². The molecule has 1 fully saturated rings. The summed E-state index contributed by atoms with van der Waals surface area (Å²) < 4.78 is 10.8. The number of carbonyl (C=O) groups is 1. The minimum Gasteiger partial charge on any atom is -0.463 e. The van der Waals surface area contributed by atoms with E-state index in [9.17, 15) is 4.79 Å². The number of hydrogen-bond acceptors (Lipinski definition) is 5. The Morgan fingerprint density at radius 2 is 2.04 bits per heavy atom. The van der Waals surface area contributed by atoms with Gasteiger partial charge in [0.05, 0.1) is 30.6 Å². The number of hydrazine groups is 1. The summed E-state index contributed by atoms with van der Waals surface area (Å²) in [6, 6.07) is 11.3. The summed E-state index contributed by atoms with van der Waals surface area (Å²) in [6.45, 7) is 4.60. The van der Waals surface area contributed by atoms with Crippen LogP contribution in [0.5, 0.6) is 0 Å². The van der Waals surface area contributed by atoms with Crippen molar-refractivity contribution in [2.75, 3.05) is 26.3 Å². The van der Waals surface area contributed by atoms with E-state index in [-0.39, 0.29) is 5.91 Å². The highest BCUT2D eigenvalue weighted by Crippen LogP contribution is 2.26. The Balaban J connectivity index is 1.76. The molecule has 3 heterocycles. The molecular formula is C19H19N3O3. The number of furan rings is 1. The lowest BCUT2D eigenvalue weighted by atomic mass is 10.0. The van der Waals surface area contributed by atoms with Crippen molar-refractivity contribution >= 4 is 16.8 Å². The third-order valence-corrected chi connectivity index (χ3v) is 4.25. The maximum atomic E-state index is 12.9. The van der Waals surface area contributed by atoms with Gasteiger partial charge in [0, 0.05) is 18.5 Å². The third kappa shape index (κ3) is 3.26. The predicted octanol–water partition coefficient (Wildman–Crippen LogP) is 2.78. The molecule has 1 N–H and O–H groups in total. The number of amides is 1. The van der Waals surface area contributed by atoms with Gasteiger partial charge in [-0.2, -0.15) is 0 Å². The highest BCUT2D eigenvalue weighted by Gasteiger charge is 2.18. The molecule has 25 heavy (non-hydrogen) atoms. The average molecular weight is 337 g/mol. The van der Waals surface area contributed by atoms with Crippen LogP contribution >= 0.6 is 0 Å². The lowest BCUT2D eigenvalue weighted by Gasteiger charge is -2.27. The summed E-state index contributed by atoms with van der Waals surface area (Å²) in [7, 11) is 0. The number of nitrogens with one attached hydrogen (secondary N) is 1. The van der Waals surface area contributed by atoms with Crippen molar-refractivity contribution in [3.05, 3.63) is 53.8 Å². The highest BCUT2D eigenvalue weighted by molar-refractivity contribution is 6.07. The van der Waals surface area contributed by atoms with Crippen LogP contribution in [0.2, 0.25) is 0 Å². The number of nitrogens with zero attached hydrogens (tertiary/aromatic N) is 2. The van der Waals surface area contributed by atoms with E-state index in [0.717, 1.165) is 16.5 Å². The number of morpholine rings is 1. The van der Waals surface area contributed by atoms with Crippen molar-refractivity contribution in [1.29, 1.82) is 0 Å². The van der Waals surface area contributed by atoms with Crippen molar-refractivity contribution in [2.45, 2.75) is 6.92 Å².